The van der Waals surface area contributed by atoms with Crippen LogP contribution in [0.4, 0.5) is 17.8 Å². The van der Waals surface area contributed by atoms with E-state index in [1.165, 1.54) is 71.7 Å². The number of ether oxygens (including phenoxy) is 6. The quantitative estimate of drug-likeness (QED) is 0.0638. The molecule has 324 valence electrons. The molecule has 0 radical (unpaired) electrons. The van der Waals surface area contributed by atoms with Crippen LogP contribution in [0.2, 0.25) is 0 Å². The summed E-state index contributed by atoms with van der Waals surface area (Å²) in [5, 5.41) is 0. The van der Waals surface area contributed by atoms with Crippen molar-refractivity contribution in [1.29, 1.82) is 0 Å². The number of anilines is 3. The van der Waals surface area contributed by atoms with Gasteiger partial charge >= 0.3 is 0 Å². The van der Waals surface area contributed by atoms with Gasteiger partial charge in [0, 0.05) is 71.7 Å². The van der Waals surface area contributed by atoms with Crippen molar-refractivity contribution in [3.63, 3.8) is 0 Å². The lowest BCUT2D eigenvalue weighted by Crippen LogP contribution is -2.18. The molecule has 12 nitrogen and oxygen atoms in total. The summed E-state index contributed by atoms with van der Waals surface area (Å²) in [6.45, 7) is 0. The second kappa shape index (κ2) is 22.8. The molecule has 63 heavy (non-hydrogen) atoms. The second-order valence-electron chi connectivity index (χ2n) is 12.5. The van der Waals surface area contributed by atoms with Crippen LogP contribution in [0.15, 0.2) is 175 Å². The minimum atomic E-state index is 0.319. The van der Waals surface area contributed by atoms with Crippen LogP contribution < -0.4 is 39.6 Å². The Labute approximate surface area is 393 Å². The van der Waals surface area contributed by atoms with Crippen molar-refractivity contribution in [1.82, 2.24) is 15.0 Å². The molecule has 0 spiro atoms. The van der Waals surface area contributed by atoms with Crippen LogP contribution in [-0.4, -0.2) is 57.6 Å². The fraction of sp³-hybridized carbons (Fsp3) is 0.133. The van der Waals surface area contributed by atoms with E-state index in [2.05, 4.69) is 0 Å². The van der Waals surface area contributed by atoms with Gasteiger partial charge in [-0.1, -0.05) is 72.8 Å². The van der Waals surface area contributed by atoms with Gasteiger partial charge in [-0.05, 0) is 72.8 Å². The van der Waals surface area contributed by atoms with Crippen molar-refractivity contribution < 1.29 is 28.4 Å². The number of benzene rings is 6. The minimum absolute atomic E-state index is 0.319. The molecule has 0 aliphatic heterocycles. The molecule has 1 aromatic heterocycles. The van der Waals surface area contributed by atoms with Crippen molar-refractivity contribution in [2.75, 3.05) is 53.8 Å². The van der Waals surface area contributed by atoms with Gasteiger partial charge in [0.05, 0.1) is 72.0 Å². The Hall–Kier alpha value is -5.37. The van der Waals surface area contributed by atoms with Crippen LogP contribution in [0.3, 0.4) is 0 Å². The number of hydrogen-bond donors (Lipinski definition) is 0. The van der Waals surface area contributed by atoms with Crippen molar-refractivity contribution in [3.05, 3.63) is 146 Å². The van der Waals surface area contributed by atoms with Crippen LogP contribution in [0.1, 0.15) is 0 Å². The molecule has 6 aromatic carbocycles. The molecular weight excluding hydrogens is 913 g/mol. The molecule has 0 aliphatic carbocycles. The zero-order valence-corrected chi connectivity index (χ0v) is 39.8. The minimum Gasteiger partial charge on any atom is -0.496 e. The molecule has 7 aromatic rings. The first-order valence-corrected chi connectivity index (χ1v) is 23.6. The third-order valence-electron chi connectivity index (χ3n) is 8.59. The summed E-state index contributed by atoms with van der Waals surface area (Å²) in [5.74, 6) is 5.06. The topological polar surface area (TPSA) is 104 Å². The van der Waals surface area contributed by atoms with Gasteiger partial charge in [-0.15, -0.1) is 0 Å². The maximum atomic E-state index is 5.84. The summed E-state index contributed by atoms with van der Waals surface area (Å²) >= 11 is 8.44. The molecule has 7 rings (SSSR count). The lowest BCUT2D eigenvalue weighted by Gasteiger charge is -2.27. The summed E-state index contributed by atoms with van der Waals surface area (Å²) in [5.41, 5.74) is 0. The Morgan fingerprint density at radius 3 is 0.587 bits per heavy atom. The molecular formula is C45H42N6O6S6. The van der Waals surface area contributed by atoms with E-state index in [0.717, 1.165) is 29.4 Å². The van der Waals surface area contributed by atoms with Crippen molar-refractivity contribution in [3.8, 4) is 34.5 Å². The number of hydrogen-bond acceptors (Lipinski definition) is 18. The number of rotatable bonds is 21. The van der Waals surface area contributed by atoms with Gasteiger partial charge < -0.3 is 28.4 Å². The predicted octanol–water partition coefficient (Wildman–Crippen LogP) is 12.6. The van der Waals surface area contributed by atoms with Crippen LogP contribution in [-0.2, 0) is 0 Å². The summed E-state index contributed by atoms with van der Waals surface area (Å²) in [6.07, 6.45) is 0. The molecule has 0 aliphatic rings. The van der Waals surface area contributed by atoms with Gasteiger partial charge in [0.1, 0.15) is 34.5 Å². The zero-order chi connectivity index (χ0) is 44.0. The van der Waals surface area contributed by atoms with Gasteiger partial charge in [0.25, 0.3) is 17.8 Å². The van der Waals surface area contributed by atoms with Crippen LogP contribution in [0.25, 0.3) is 0 Å². The van der Waals surface area contributed by atoms with Gasteiger partial charge in [-0.2, -0.15) is 15.0 Å². The molecule has 0 saturated heterocycles. The zero-order valence-electron chi connectivity index (χ0n) is 34.9. The van der Waals surface area contributed by atoms with Gasteiger partial charge in [0.2, 0.25) is 0 Å². The van der Waals surface area contributed by atoms with E-state index in [-0.39, 0.29) is 0 Å². The third-order valence-corrected chi connectivity index (χ3v) is 15.1. The van der Waals surface area contributed by atoms with Gasteiger partial charge in [-0.25, -0.2) is 11.1 Å². The SMILES string of the molecule is COc1ccccc1SN(Sc1ccccc1OC)c1nc(N(Sc2ccccc2OC)Sc2ccccc2OC)nc(N(Sc2ccccc2OC)Sc2ccccc2OC)n1. The first-order valence-electron chi connectivity index (χ1n) is 19.0. The molecule has 0 atom stereocenters. The maximum absolute atomic E-state index is 5.84. The molecule has 0 N–H and O–H groups in total. The lowest BCUT2D eigenvalue weighted by molar-refractivity contribution is 0.404. The Morgan fingerprint density at radius 2 is 0.429 bits per heavy atom. The average molecular weight is 955 g/mol. The summed E-state index contributed by atoms with van der Waals surface area (Å²) < 4.78 is 40.9. The number of aromatic nitrogens is 3. The Morgan fingerprint density at radius 1 is 0.270 bits per heavy atom. The van der Waals surface area contributed by atoms with Gasteiger partial charge in [0.15, 0.2) is 0 Å². The fourth-order valence-corrected chi connectivity index (χ4v) is 11.8. The molecule has 0 fully saturated rings. The standard InChI is InChI=1S/C45H42N6O6S6/c1-52-31-19-7-13-25-37(31)58-49(59-38-26-14-8-20-32(38)53-2)43-46-44(50(60-39-27-15-9-21-33(39)54-3)61-40-28-16-10-22-34(40)55-4)48-45(47-43)51(62-41-29-17-11-23-35(41)56-5)63-42-30-18-12-24-36(42)57-6/h7-30H,1-6H3. The average Bonchev–Trinajstić information content (AvgIpc) is 3.34. The number of nitrogens with zero attached hydrogens (tertiary/aromatic N) is 6. The molecule has 0 unspecified atom stereocenters. The predicted molar refractivity (Wildman–Crippen MR) is 260 cm³/mol. The largest absolute Gasteiger partial charge is 0.496 e. The van der Waals surface area contributed by atoms with E-state index in [9.17, 15) is 0 Å². The third kappa shape index (κ3) is 11.6. The van der Waals surface area contributed by atoms with E-state index < -0.39 is 0 Å². The number of methoxy groups -OCH3 is 6. The number of para-hydroxylation sites is 6. The normalized spacial score (nSPS) is 10.8. The highest BCUT2D eigenvalue weighted by atomic mass is 32.2. The highest BCUT2D eigenvalue weighted by Crippen LogP contribution is 2.49. The summed E-state index contributed by atoms with van der Waals surface area (Å²) in [7, 11) is 9.92. The molecule has 0 saturated carbocycles. The van der Waals surface area contributed by atoms with E-state index in [4.69, 9.17) is 43.4 Å². The van der Waals surface area contributed by atoms with Crippen molar-refractivity contribution >= 4 is 89.5 Å². The van der Waals surface area contributed by atoms with E-state index in [0.29, 0.717) is 52.3 Å². The van der Waals surface area contributed by atoms with E-state index in [1.807, 2.05) is 157 Å². The van der Waals surface area contributed by atoms with Crippen LogP contribution >= 0.6 is 71.7 Å². The summed E-state index contributed by atoms with van der Waals surface area (Å²) in [6, 6.07) is 46.9. The molecule has 18 heteroatoms. The van der Waals surface area contributed by atoms with Crippen molar-refractivity contribution in [2.24, 2.45) is 0 Å². The highest BCUT2D eigenvalue weighted by Gasteiger charge is 2.28. The first-order chi connectivity index (χ1) is 30.9. The van der Waals surface area contributed by atoms with Crippen molar-refractivity contribution in [2.45, 2.75) is 29.4 Å². The Bertz CT molecular complexity index is 2160. The van der Waals surface area contributed by atoms with Crippen LogP contribution in [0.5, 0.6) is 34.5 Å². The first kappa shape index (κ1) is 45.6. The van der Waals surface area contributed by atoms with Gasteiger partial charge in [-0.3, -0.25) is 0 Å². The monoisotopic (exact) mass is 954 g/mol. The highest BCUT2D eigenvalue weighted by molar-refractivity contribution is 8.19. The van der Waals surface area contributed by atoms with E-state index >= 15 is 0 Å². The maximum Gasteiger partial charge on any atom is 0.253 e. The Kier molecular flexibility index (Phi) is 16.5. The van der Waals surface area contributed by atoms with E-state index in [1.54, 1.807) is 42.7 Å². The molecule has 0 bridgehead atoms. The smallest absolute Gasteiger partial charge is 0.253 e. The second-order valence-corrected chi connectivity index (χ2v) is 19.1. The molecule has 0 amide bonds. The lowest BCUT2D eigenvalue weighted by atomic mass is 10.3. The Balaban J connectivity index is 1.48. The fourth-order valence-electron chi connectivity index (χ4n) is 5.59. The summed E-state index contributed by atoms with van der Waals surface area (Å²) in [4.78, 5) is 20.9. The van der Waals surface area contributed by atoms with Crippen LogP contribution in [0, 0.1) is 0 Å². The molecule has 1 heterocycles.